The van der Waals surface area contributed by atoms with Crippen molar-refractivity contribution >= 4 is 11.7 Å². The molecule has 1 aromatic heterocycles. The maximum atomic E-state index is 13.9. The van der Waals surface area contributed by atoms with Gasteiger partial charge in [-0.25, -0.2) is 8.78 Å². The molecule has 1 amide bonds. The smallest absolute Gasteiger partial charge is 0.224 e. The zero-order valence-corrected chi connectivity index (χ0v) is 14.2. The fourth-order valence-electron chi connectivity index (χ4n) is 3.71. The van der Waals surface area contributed by atoms with E-state index in [0.29, 0.717) is 18.5 Å². The Hall–Kier alpha value is -2.57. The Morgan fingerprint density at radius 3 is 2.92 bits per heavy atom. The molecule has 5 nitrogen and oxygen atoms in total. The predicted molar refractivity (Wildman–Crippen MR) is 92.6 cm³/mol. The Balaban J connectivity index is 1.36. The van der Waals surface area contributed by atoms with Gasteiger partial charge < -0.3 is 10.2 Å². The van der Waals surface area contributed by atoms with E-state index < -0.39 is 11.6 Å². The largest absolute Gasteiger partial charge is 0.353 e. The summed E-state index contributed by atoms with van der Waals surface area (Å²) in [6.07, 6.45) is 4.04. The zero-order valence-electron chi connectivity index (χ0n) is 14.2. The summed E-state index contributed by atoms with van der Waals surface area (Å²) in [4.78, 5) is 14.6. The van der Waals surface area contributed by atoms with Gasteiger partial charge in [-0.15, -0.1) is 5.10 Å². The highest BCUT2D eigenvalue weighted by atomic mass is 19.2. The number of hydrogen-bond donors (Lipinski definition) is 1. The molecule has 1 saturated heterocycles. The first kappa shape index (κ1) is 16.9. The summed E-state index contributed by atoms with van der Waals surface area (Å²) in [7, 11) is 0. The van der Waals surface area contributed by atoms with Crippen LogP contribution in [0.4, 0.5) is 14.6 Å². The van der Waals surface area contributed by atoms with Crippen LogP contribution in [-0.4, -0.2) is 35.2 Å². The van der Waals surface area contributed by atoms with Gasteiger partial charge in [-0.05, 0) is 48.9 Å². The molecule has 1 N–H and O–H groups in total. The minimum atomic E-state index is -0.861. The van der Waals surface area contributed by atoms with Crippen molar-refractivity contribution in [2.45, 2.75) is 31.2 Å². The summed E-state index contributed by atoms with van der Waals surface area (Å²) in [5.74, 6) is -1.48. The standard InChI is InChI=1S/C19H20F2N4O/c20-16-6-1-5-13(18(16)21)14-10-15(14)19(26)23-12-4-3-9-25(11-12)17-7-2-8-22-24-17/h1-2,5-8,12,14-15H,3-4,9-11H2,(H,23,26). The topological polar surface area (TPSA) is 58.1 Å². The highest BCUT2D eigenvalue weighted by Crippen LogP contribution is 2.48. The van der Waals surface area contributed by atoms with E-state index in [1.165, 1.54) is 6.07 Å². The highest BCUT2D eigenvalue weighted by molar-refractivity contribution is 5.83. The summed E-state index contributed by atoms with van der Waals surface area (Å²) in [6, 6.07) is 7.91. The Labute approximate surface area is 150 Å². The van der Waals surface area contributed by atoms with E-state index in [1.807, 2.05) is 12.1 Å². The average Bonchev–Trinajstić information content (AvgIpc) is 3.46. The van der Waals surface area contributed by atoms with Gasteiger partial charge in [0, 0.05) is 31.2 Å². The van der Waals surface area contributed by atoms with Gasteiger partial charge in [0.1, 0.15) is 0 Å². The van der Waals surface area contributed by atoms with Gasteiger partial charge in [0.05, 0.1) is 0 Å². The Kier molecular flexibility index (Phi) is 4.53. The van der Waals surface area contributed by atoms with Crippen LogP contribution in [0.5, 0.6) is 0 Å². The molecule has 1 aliphatic heterocycles. The second-order valence-corrected chi connectivity index (χ2v) is 6.97. The number of piperidine rings is 1. The molecule has 2 fully saturated rings. The lowest BCUT2D eigenvalue weighted by Crippen LogP contribution is -2.48. The minimum absolute atomic E-state index is 0.0249. The normalized spacial score (nSPS) is 25.0. The molecule has 3 atom stereocenters. The number of rotatable bonds is 4. The van der Waals surface area contributed by atoms with Gasteiger partial charge in [-0.2, -0.15) is 5.10 Å². The maximum absolute atomic E-state index is 13.9. The molecule has 0 bridgehead atoms. The molecular weight excluding hydrogens is 338 g/mol. The number of nitrogens with zero attached hydrogens (tertiary/aromatic N) is 3. The van der Waals surface area contributed by atoms with Crippen molar-refractivity contribution < 1.29 is 13.6 Å². The number of benzene rings is 1. The zero-order chi connectivity index (χ0) is 18.1. The van der Waals surface area contributed by atoms with Crippen LogP contribution in [0.25, 0.3) is 0 Å². The van der Waals surface area contributed by atoms with Crippen molar-refractivity contribution in [1.82, 2.24) is 15.5 Å². The maximum Gasteiger partial charge on any atom is 0.224 e. The lowest BCUT2D eigenvalue weighted by Gasteiger charge is -2.33. The Morgan fingerprint density at radius 2 is 2.12 bits per heavy atom. The summed E-state index contributed by atoms with van der Waals surface area (Å²) < 4.78 is 27.3. The molecule has 1 saturated carbocycles. The molecule has 7 heteroatoms. The number of amides is 1. The van der Waals surface area contributed by atoms with Crippen molar-refractivity contribution in [1.29, 1.82) is 0 Å². The van der Waals surface area contributed by atoms with Crippen LogP contribution < -0.4 is 10.2 Å². The first-order valence-corrected chi connectivity index (χ1v) is 8.90. The van der Waals surface area contributed by atoms with Crippen molar-refractivity contribution in [2.75, 3.05) is 18.0 Å². The van der Waals surface area contributed by atoms with Crippen LogP contribution in [-0.2, 0) is 4.79 Å². The molecule has 1 aromatic carbocycles. The minimum Gasteiger partial charge on any atom is -0.353 e. The molecule has 2 aliphatic rings. The van der Waals surface area contributed by atoms with E-state index in [0.717, 1.165) is 31.3 Å². The molecular formula is C19H20F2N4O. The van der Waals surface area contributed by atoms with Crippen LogP contribution in [0.3, 0.4) is 0 Å². The molecule has 2 heterocycles. The number of nitrogens with one attached hydrogen (secondary N) is 1. The number of hydrogen-bond acceptors (Lipinski definition) is 4. The quantitative estimate of drug-likeness (QED) is 0.913. The van der Waals surface area contributed by atoms with Crippen LogP contribution in [0.2, 0.25) is 0 Å². The molecule has 26 heavy (non-hydrogen) atoms. The SMILES string of the molecule is O=C(NC1CCCN(c2cccnn2)C1)C1CC1c1cccc(F)c1F. The van der Waals surface area contributed by atoms with Gasteiger partial charge in [0.25, 0.3) is 0 Å². The fourth-order valence-corrected chi connectivity index (χ4v) is 3.71. The van der Waals surface area contributed by atoms with Crippen molar-refractivity contribution in [3.63, 3.8) is 0 Å². The Morgan fingerprint density at radius 1 is 1.23 bits per heavy atom. The third-order valence-electron chi connectivity index (χ3n) is 5.16. The van der Waals surface area contributed by atoms with Gasteiger partial charge in [0.2, 0.25) is 5.91 Å². The van der Waals surface area contributed by atoms with E-state index in [4.69, 9.17) is 0 Å². The number of carbonyl (C=O) groups excluding carboxylic acids is 1. The van der Waals surface area contributed by atoms with Crippen LogP contribution in [0.1, 0.15) is 30.7 Å². The number of aromatic nitrogens is 2. The van der Waals surface area contributed by atoms with E-state index in [-0.39, 0.29) is 23.8 Å². The third-order valence-corrected chi connectivity index (χ3v) is 5.16. The highest BCUT2D eigenvalue weighted by Gasteiger charge is 2.46. The molecule has 136 valence electrons. The van der Waals surface area contributed by atoms with E-state index in [1.54, 1.807) is 12.3 Å². The molecule has 1 aliphatic carbocycles. The fraction of sp³-hybridized carbons (Fsp3) is 0.421. The van der Waals surface area contributed by atoms with E-state index >= 15 is 0 Å². The molecule has 2 aromatic rings. The summed E-state index contributed by atoms with van der Waals surface area (Å²) in [5, 5.41) is 11.1. The van der Waals surface area contributed by atoms with Crippen LogP contribution in [0, 0.1) is 17.6 Å². The summed E-state index contributed by atoms with van der Waals surface area (Å²) >= 11 is 0. The average molecular weight is 358 g/mol. The Bertz CT molecular complexity index is 801. The van der Waals surface area contributed by atoms with Crippen molar-refractivity contribution in [3.8, 4) is 0 Å². The van der Waals surface area contributed by atoms with Gasteiger partial charge in [0.15, 0.2) is 17.5 Å². The van der Waals surface area contributed by atoms with Crippen LogP contribution >= 0.6 is 0 Å². The summed E-state index contributed by atoms with van der Waals surface area (Å²) in [5.41, 5.74) is 0.301. The predicted octanol–water partition coefficient (Wildman–Crippen LogP) is 2.64. The second kappa shape index (κ2) is 6.97. The summed E-state index contributed by atoms with van der Waals surface area (Å²) in [6.45, 7) is 1.56. The third kappa shape index (κ3) is 3.38. The van der Waals surface area contributed by atoms with Crippen molar-refractivity contribution in [2.24, 2.45) is 5.92 Å². The van der Waals surface area contributed by atoms with Gasteiger partial charge in [-0.1, -0.05) is 12.1 Å². The molecule has 0 spiro atoms. The lowest BCUT2D eigenvalue weighted by molar-refractivity contribution is -0.123. The number of halogens is 2. The molecule has 0 radical (unpaired) electrons. The van der Waals surface area contributed by atoms with Crippen LogP contribution in [0.15, 0.2) is 36.5 Å². The van der Waals surface area contributed by atoms with E-state index in [9.17, 15) is 13.6 Å². The van der Waals surface area contributed by atoms with Gasteiger partial charge in [-0.3, -0.25) is 4.79 Å². The second-order valence-electron chi connectivity index (χ2n) is 6.97. The number of anilines is 1. The molecule has 4 rings (SSSR count). The first-order chi connectivity index (χ1) is 12.6. The van der Waals surface area contributed by atoms with E-state index in [2.05, 4.69) is 20.4 Å². The molecule has 3 unspecified atom stereocenters. The number of carbonyl (C=O) groups is 1. The lowest BCUT2D eigenvalue weighted by atomic mass is 10.0. The first-order valence-electron chi connectivity index (χ1n) is 8.90. The van der Waals surface area contributed by atoms with Crippen molar-refractivity contribution in [3.05, 3.63) is 53.7 Å². The monoisotopic (exact) mass is 358 g/mol. The van der Waals surface area contributed by atoms with Gasteiger partial charge >= 0.3 is 0 Å².